The number of thiophene rings is 1. The second kappa shape index (κ2) is 8.29. The predicted octanol–water partition coefficient (Wildman–Crippen LogP) is 2.50. The van der Waals surface area contributed by atoms with E-state index in [1.165, 1.54) is 0 Å². The number of morpholine rings is 1. The van der Waals surface area contributed by atoms with Gasteiger partial charge in [-0.05, 0) is 12.0 Å². The third kappa shape index (κ3) is 3.78. The molecule has 0 radical (unpaired) electrons. The van der Waals surface area contributed by atoms with Crippen LogP contribution in [0, 0.1) is 5.92 Å². The van der Waals surface area contributed by atoms with Gasteiger partial charge in [-0.15, -0.1) is 11.3 Å². The van der Waals surface area contributed by atoms with Crippen LogP contribution in [0.5, 0.6) is 0 Å². The Hall–Kier alpha value is -2.55. The van der Waals surface area contributed by atoms with Crippen molar-refractivity contribution in [3.63, 3.8) is 0 Å². The van der Waals surface area contributed by atoms with Gasteiger partial charge >= 0.3 is 0 Å². The van der Waals surface area contributed by atoms with Crippen molar-refractivity contribution in [3.8, 4) is 11.1 Å². The molecule has 2 aliphatic heterocycles. The van der Waals surface area contributed by atoms with Crippen molar-refractivity contribution < 1.29 is 9.53 Å². The Labute approximate surface area is 179 Å². The van der Waals surface area contributed by atoms with Gasteiger partial charge < -0.3 is 15.4 Å². The second-order valence-corrected chi connectivity index (χ2v) is 8.74. The summed E-state index contributed by atoms with van der Waals surface area (Å²) >= 11 is 1.65. The minimum atomic E-state index is -0.232. The number of aromatic nitrogens is 2. The lowest BCUT2D eigenvalue weighted by molar-refractivity contribution is -0.121. The fraction of sp³-hybridized carbons (Fsp3) is 0.409. The van der Waals surface area contributed by atoms with Crippen LogP contribution < -0.4 is 10.6 Å². The molecule has 0 bridgehead atoms. The third-order valence-electron chi connectivity index (χ3n) is 5.90. The van der Waals surface area contributed by atoms with Gasteiger partial charge in [0.1, 0.15) is 16.5 Å². The zero-order chi connectivity index (χ0) is 20.5. The van der Waals surface area contributed by atoms with E-state index >= 15 is 0 Å². The van der Waals surface area contributed by atoms with Crippen LogP contribution in [0.1, 0.15) is 12.2 Å². The first-order chi connectivity index (χ1) is 14.7. The topological polar surface area (TPSA) is 84.6 Å². The molecular weight excluding hydrogens is 398 g/mol. The van der Waals surface area contributed by atoms with Crippen LogP contribution in [-0.2, 0) is 16.1 Å². The van der Waals surface area contributed by atoms with Crippen LogP contribution in [0.15, 0.2) is 35.7 Å². The highest BCUT2D eigenvalue weighted by Gasteiger charge is 2.30. The molecule has 5 rings (SSSR count). The summed E-state index contributed by atoms with van der Waals surface area (Å²) in [7, 11) is 0. The molecule has 2 fully saturated rings. The fourth-order valence-electron chi connectivity index (χ4n) is 4.24. The van der Waals surface area contributed by atoms with Gasteiger partial charge in [0, 0.05) is 37.1 Å². The summed E-state index contributed by atoms with van der Waals surface area (Å²) in [5.41, 5.74) is 7.89. The molecule has 1 unspecified atom stereocenters. The molecule has 0 spiro atoms. The Morgan fingerprint density at radius 2 is 1.97 bits per heavy atom. The maximum absolute atomic E-state index is 11.8. The van der Waals surface area contributed by atoms with E-state index in [0.717, 1.165) is 72.3 Å². The van der Waals surface area contributed by atoms with E-state index in [0.29, 0.717) is 13.1 Å². The van der Waals surface area contributed by atoms with E-state index in [2.05, 4.69) is 27.3 Å². The standard InChI is InChI=1S/C22H25N5O2S/c23-20(28)16-6-7-27(12-16)21-19-17(15-4-2-1-3-5-15)14-30-22(19)25-18(24-21)13-26-8-10-29-11-9-26/h1-5,14,16H,6-13H2,(H2,23,28). The van der Waals surface area contributed by atoms with E-state index in [-0.39, 0.29) is 11.8 Å². The maximum atomic E-state index is 11.8. The fourth-order valence-corrected chi connectivity index (χ4v) is 5.20. The number of hydrogen-bond donors (Lipinski definition) is 1. The summed E-state index contributed by atoms with van der Waals surface area (Å²) in [5, 5.41) is 3.24. The SMILES string of the molecule is NC(=O)C1CCN(c2nc(CN3CCOCC3)nc3scc(-c4ccccc4)c23)C1. The molecule has 1 atom stereocenters. The molecule has 2 aromatic heterocycles. The molecular formula is C22H25N5O2S. The Morgan fingerprint density at radius 1 is 1.17 bits per heavy atom. The number of carbonyl (C=O) groups excluding carboxylic acids is 1. The summed E-state index contributed by atoms with van der Waals surface area (Å²) in [6, 6.07) is 10.3. The molecule has 7 nitrogen and oxygen atoms in total. The zero-order valence-electron chi connectivity index (χ0n) is 16.8. The first kappa shape index (κ1) is 19.4. The van der Waals surface area contributed by atoms with Gasteiger partial charge in [-0.2, -0.15) is 0 Å². The summed E-state index contributed by atoms with van der Waals surface area (Å²) in [6.07, 6.45) is 0.768. The number of hydrogen-bond acceptors (Lipinski definition) is 7. The molecule has 0 aliphatic carbocycles. The third-order valence-corrected chi connectivity index (χ3v) is 6.78. The van der Waals surface area contributed by atoms with Crippen LogP contribution in [0.3, 0.4) is 0 Å². The van der Waals surface area contributed by atoms with Crippen molar-refractivity contribution >= 4 is 33.3 Å². The number of benzene rings is 1. The van der Waals surface area contributed by atoms with Crippen LogP contribution in [0.2, 0.25) is 0 Å². The van der Waals surface area contributed by atoms with Gasteiger partial charge in [0.25, 0.3) is 0 Å². The largest absolute Gasteiger partial charge is 0.379 e. The van der Waals surface area contributed by atoms with Crippen molar-refractivity contribution in [2.45, 2.75) is 13.0 Å². The van der Waals surface area contributed by atoms with E-state index in [1.807, 2.05) is 18.2 Å². The van der Waals surface area contributed by atoms with Crippen molar-refractivity contribution in [1.82, 2.24) is 14.9 Å². The molecule has 8 heteroatoms. The number of nitrogens with zero attached hydrogens (tertiary/aromatic N) is 4. The number of ether oxygens (including phenoxy) is 1. The molecule has 2 N–H and O–H groups in total. The number of carbonyl (C=O) groups is 1. The summed E-state index contributed by atoms with van der Waals surface area (Å²) in [6.45, 7) is 5.38. The number of anilines is 1. The lowest BCUT2D eigenvalue weighted by Crippen LogP contribution is -2.36. The summed E-state index contributed by atoms with van der Waals surface area (Å²) in [4.78, 5) is 27.2. The number of nitrogens with two attached hydrogens (primary N) is 1. The van der Waals surface area contributed by atoms with E-state index in [4.69, 9.17) is 20.4 Å². The highest BCUT2D eigenvalue weighted by Crippen LogP contribution is 2.39. The summed E-state index contributed by atoms with van der Waals surface area (Å²) < 4.78 is 5.47. The van der Waals surface area contributed by atoms with Crippen molar-refractivity contribution in [1.29, 1.82) is 0 Å². The molecule has 156 valence electrons. The molecule has 1 aromatic carbocycles. The van der Waals surface area contributed by atoms with Crippen LogP contribution in [0.25, 0.3) is 21.3 Å². The molecule has 30 heavy (non-hydrogen) atoms. The van der Waals surface area contributed by atoms with Crippen LogP contribution in [-0.4, -0.2) is 60.2 Å². The molecule has 1 amide bonds. The predicted molar refractivity (Wildman–Crippen MR) is 118 cm³/mol. The van der Waals surface area contributed by atoms with Gasteiger partial charge in [-0.3, -0.25) is 9.69 Å². The zero-order valence-corrected chi connectivity index (χ0v) is 17.6. The van der Waals surface area contributed by atoms with Gasteiger partial charge in [0.2, 0.25) is 5.91 Å². The maximum Gasteiger partial charge on any atom is 0.222 e. The average Bonchev–Trinajstić information content (AvgIpc) is 3.42. The van der Waals surface area contributed by atoms with Crippen molar-refractivity contribution in [2.24, 2.45) is 11.7 Å². The van der Waals surface area contributed by atoms with Crippen LogP contribution in [0.4, 0.5) is 5.82 Å². The lowest BCUT2D eigenvalue weighted by Gasteiger charge is -2.26. The van der Waals surface area contributed by atoms with Crippen molar-refractivity contribution in [3.05, 3.63) is 41.5 Å². The molecule has 3 aromatic rings. The Morgan fingerprint density at radius 3 is 2.70 bits per heavy atom. The monoisotopic (exact) mass is 423 g/mol. The Balaban J connectivity index is 1.57. The van der Waals surface area contributed by atoms with Gasteiger partial charge in [0.05, 0.1) is 31.1 Å². The van der Waals surface area contributed by atoms with Gasteiger partial charge in [-0.25, -0.2) is 9.97 Å². The minimum Gasteiger partial charge on any atom is -0.379 e. The highest BCUT2D eigenvalue weighted by molar-refractivity contribution is 7.17. The molecule has 2 saturated heterocycles. The Bertz CT molecular complexity index is 1050. The number of amides is 1. The minimum absolute atomic E-state index is 0.128. The van der Waals surface area contributed by atoms with E-state index in [1.54, 1.807) is 11.3 Å². The lowest BCUT2D eigenvalue weighted by atomic mass is 10.1. The highest BCUT2D eigenvalue weighted by atomic mass is 32.1. The van der Waals surface area contributed by atoms with Gasteiger partial charge in [0.15, 0.2) is 0 Å². The van der Waals surface area contributed by atoms with Crippen LogP contribution >= 0.6 is 11.3 Å². The van der Waals surface area contributed by atoms with Crippen molar-refractivity contribution in [2.75, 3.05) is 44.3 Å². The van der Waals surface area contributed by atoms with Gasteiger partial charge in [-0.1, -0.05) is 30.3 Å². The smallest absolute Gasteiger partial charge is 0.222 e. The molecule has 0 saturated carbocycles. The number of rotatable bonds is 5. The normalized spacial score (nSPS) is 20.1. The van der Waals surface area contributed by atoms with E-state index < -0.39 is 0 Å². The second-order valence-electron chi connectivity index (χ2n) is 7.88. The Kier molecular flexibility index (Phi) is 5.37. The number of primary amides is 1. The average molecular weight is 424 g/mol. The first-order valence-corrected chi connectivity index (χ1v) is 11.2. The van der Waals surface area contributed by atoms with E-state index in [9.17, 15) is 4.79 Å². The molecule has 4 heterocycles. The molecule has 2 aliphatic rings. The quantitative estimate of drug-likeness (QED) is 0.679. The first-order valence-electron chi connectivity index (χ1n) is 10.4. The summed E-state index contributed by atoms with van der Waals surface area (Å²) in [5.74, 6) is 1.39. The number of fused-ring (bicyclic) bond motifs is 1.